The van der Waals surface area contributed by atoms with E-state index >= 15 is 0 Å². The van der Waals surface area contributed by atoms with Gasteiger partial charge in [0.25, 0.3) is 5.91 Å². The molecule has 1 aliphatic heterocycles. The van der Waals surface area contributed by atoms with Crippen molar-refractivity contribution in [3.05, 3.63) is 34.9 Å². The van der Waals surface area contributed by atoms with Crippen LogP contribution in [0.2, 0.25) is 5.02 Å². The van der Waals surface area contributed by atoms with Crippen molar-refractivity contribution in [1.29, 1.82) is 0 Å². The molecule has 7 heteroatoms. The summed E-state index contributed by atoms with van der Waals surface area (Å²) in [5.41, 5.74) is -0.477. The van der Waals surface area contributed by atoms with Gasteiger partial charge in [0.2, 0.25) is 5.91 Å². The van der Waals surface area contributed by atoms with E-state index in [1.54, 1.807) is 24.3 Å². The van der Waals surface area contributed by atoms with E-state index in [4.69, 9.17) is 11.6 Å². The summed E-state index contributed by atoms with van der Waals surface area (Å²) in [6.07, 6.45) is 2.30. The molecule has 0 aromatic heterocycles. The monoisotopic (exact) mass is 335 g/mol. The molecule has 1 saturated carbocycles. The SMILES string of the molecule is CC[C@@]1(c2ccc(Cl)cc2)NC(=O)N(CC(=O)NC2CC2)C1=O. The average Bonchev–Trinajstić information content (AvgIpc) is 3.30. The highest BCUT2D eigenvalue weighted by Gasteiger charge is 2.51. The number of hydrogen-bond donors (Lipinski definition) is 2. The lowest BCUT2D eigenvalue weighted by atomic mass is 9.87. The van der Waals surface area contributed by atoms with Gasteiger partial charge in [-0.05, 0) is 37.0 Å². The Morgan fingerprint density at radius 2 is 2.00 bits per heavy atom. The molecule has 1 aromatic rings. The maximum absolute atomic E-state index is 12.8. The predicted octanol–water partition coefficient (Wildman–Crippen LogP) is 1.78. The van der Waals surface area contributed by atoms with E-state index in [0.717, 1.165) is 17.7 Å². The van der Waals surface area contributed by atoms with Crippen molar-refractivity contribution in [1.82, 2.24) is 15.5 Å². The normalized spacial score (nSPS) is 23.8. The number of carbonyl (C=O) groups is 3. The zero-order valence-electron chi connectivity index (χ0n) is 12.8. The quantitative estimate of drug-likeness (QED) is 0.805. The first-order valence-corrected chi connectivity index (χ1v) is 8.03. The van der Waals surface area contributed by atoms with Gasteiger partial charge in [-0.3, -0.25) is 14.5 Å². The molecule has 0 unspecified atom stereocenters. The lowest BCUT2D eigenvalue weighted by molar-refractivity contribution is -0.135. The molecular weight excluding hydrogens is 318 g/mol. The summed E-state index contributed by atoms with van der Waals surface area (Å²) in [5.74, 6) is -0.711. The first-order valence-electron chi connectivity index (χ1n) is 7.66. The zero-order chi connectivity index (χ0) is 16.6. The van der Waals surface area contributed by atoms with Crippen molar-refractivity contribution in [2.45, 2.75) is 37.8 Å². The van der Waals surface area contributed by atoms with E-state index < -0.39 is 17.5 Å². The number of amides is 4. The van der Waals surface area contributed by atoms with Crippen molar-refractivity contribution in [2.24, 2.45) is 0 Å². The van der Waals surface area contributed by atoms with Gasteiger partial charge in [0, 0.05) is 11.1 Å². The molecule has 1 saturated heterocycles. The molecule has 0 bridgehead atoms. The Hall–Kier alpha value is -2.08. The molecular formula is C16H18ClN3O3. The minimum atomic E-state index is -1.14. The Kier molecular flexibility index (Phi) is 4.02. The van der Waals surface area contributed by atoms with Gasteiger partial charge >= 0.3 is 6.03 Å². The first kappa shape index (κ1) is 15.8. The number of nitrogens with one attached hydrogen (secondary N) is 2. The molecule has 3 rings (SSSR count). The Balaban J connectivity index is 1.82. The van der Waals surface area contributed by atoms with Crippen LogP contribution >= 0.6 is 11.6 Å². The number of rotatable bonds is 5. The van der Waals surface area contributed by atoms with Crippen LogP contribution in [0.15, 0.2) is 24.3 Å². The molecule has 1 aliphatic carbocycles. The van der Waals surface area contributed by atoms with Gasteiger partial charge in [-0.15, -0.1) is 0 Å². The molecule has 1 aromatic carbocycles. The van der Waals surface area contributed by atoms with Crippen LogP contribution in [0.5, 0.6) is 0 Å². The summed E-state index contributed by atoms with van der Waals surface area (Å²) < 4.78 is 0. The second kappa shape index (κ2) is 5.85. The van der Waals surface area contributed by atoms with Gasteiger partial charge in [-0.25, -0.2) is 4.79 Å². The molecule has 1 atom stereocenters. The molecule has 2 N–H and O–H groups in total. The number of benzene rings is 1. The van der Waals surface area contributed by atoms with Crippen molar-refractivity contribution in [3.63, 3.8) is 0 Å². The molecule has 122 valence electrons. The van der Waals surface area contributed by atoms with E-state index in [0.29, 0.717) is 17.0 Å². The maximum Gasteiger partial charge on any atom is 0.325 e. The molecule has 6 nitrogen and oxygen atoms in total. The Morgan fingerprint density at radius 1 is 1.35 bits per heavy atom. The number of hydrogen-bond acceptors (Lipinski definition) is 3. The summed E-state index contributed by atoms with van der Waals surface area (Å²) in [4.78, 5) is 37.9. The van der Waals surface area contributed by atoms with Gasteiger partial charge < -0.3 is 10.6 Å². The van der Waals surface area contributed by atoms with Gasteiger partial charge in [0.05, 0.1) is 0 Å². The van der Waals surface area contributed by atoms with Crippen molar-refractivity contribution >= 4 is 29.4 Å². The second-order valence-corrected chi connectivity index (χ2v) is 6.37. The van der Waals surface area contributed by atoms with Gasteiger partial charge in [-0.2, -0.15) is 0 Å². The topological polar surface area (TPSA) is 78.5 Å². The minimum absolute atomic E-state index is 0.190. The Labute approximate surface area is 139 Å². The molecule has 0 radical (unpaired) electrons. The highest BCUT2D eigenvalue weighted by molar-refractivity contribution is 6.30. The summed E-state index contributed by atoms with van der Waals surface area (Å²) in [5, 5.41) is 6.08. The number of carbonyl (C=O) groups excluding carboxylic acids is 3. The fraction of sp³-hybridized carbons (Fsp3) is 0.438. The van der Waals surface area contributed by atoms with E-state index in [-0.39, 0.29) is 18.5 Å². The maximum atomic E-state index is 12.8. The number of urea groups is 1. The van der Waals surface area contributed by atoms with Crippen molar-refractivity contribution in [2.75, 3.05) is 6.54 Å². The van der Waals surface area contributed by atoms with Crippen LogP contribution < -0.4 is 10.6 Å². The lowest BCUT2D eigenvalue weighted by Gasteiger charge is -2.25. The standard InChI is InChI=1S/C16H18ClN3O3/c1-2-16(10-3-5-11(17)6-4-10)14(22)20(15(23)19-16)9-13(21)18-12-7-8-12/h3-6,12H,2,7-9H2,1H3,(H,18,21)(H,19,23)/t16-/m0/s1. The van der Waals surface area contributed by atoms with E-state index in [9.17, 15) is 14.4 Å². The second-order valence-electron chi connectivity index (χ2n) is 5.93. The highest BCUT2D eigenvalue weighted by atomic mass is 35.5. The lowest BCUT2D eigenvalue weighted by Crippen LogP contribution is -2.45. The van der Waals surface area contributed by atoms with Gasteiger partial charge in [-0.1, -0.05) is 30.7 Å². The Morgan fingerprint density at radius 3 is 2.57 bits per heavy atom. The van der Waals surface area contributed by atoms with Crippen molar-refractivity contribution in [3.8, 4) is 0 Å². The summed E-state index contributed by atoms with van der Waals surface area (Å²) in [6.45, 7) is 1.57. The fourth-order valence-electron chi connectivity index (χ4n) is 2.79. The van der Waals surface area contributed by atoms with Crippen LogP contribution in [0.4, 0.5) is 4.79 Å². The third-order valence-electron chi connectivity index (χ3n) is 4.29. The average molecular weight is 336 g/mol. The van der Waals surface area contributed by atoms with Crippen LogP contribution in [0, 0.1) is 0 Å². The molecule has 23 heavy (non-hydrogen) atoms. The number of halogens is 1. The summed E-state index contributed by atoms with van der Waals surface area (Å²) in [7, 11) is 0. The molecule has 0 spiro atoms. The fourth-order valence-corrected chi connectivity index (χ4v) is 2.91. The Bertz CT molecular complexity index is 657. The van der Waals surface area contributed by atoms with Crippen LogP contribution in [-0.2, 0) is 15.1 Å². The molecule has 4 amide bonds. The van der Waals surface area contributed by atoms with Crippen LogP contribution in [-0.4, -0.2) is 35.3 Å². The predicted molar refractivity (Wildman–Crippen MR) is 84.8 cm³/mol. The third kappa shape index (κ3) is 2.91. The van der Waals surface area contributed by atoms with Crippen LogP contribution in [0.25, 0.3) is 0 Å². The molecule has 2 aliphatic rings. The number of nitrogens with zero attached hydrogens (tertiary/aromatic N) is 1. The zero-order valence-corrected chi connectivity index (χ0v) is 13.5. The number of imide groups is 1. The molecule has 2 fully saturated rings. The van der Waals surface area contributed by atoms with Crippen LogP contribution in [0.1, 0.15) is 31.7 Å². The van der Waals surface area contributed by atoms with E-state index in [2.05, 4.69) is 10.6 Å². The van der Waals surface area contributed by atoms with Gasteiger partial charge in [0.1, 0.15) is 12.1 Å². The third-order valence-corrected chi connectivity index (χ3v) is 4.54. The van der Waals surface area contributed by atoms with Crippen LogP contribution in [0.3, 0.4) is 0 Å². The summed E-state index contributed by atoms with van der Waals surface area (Å²) >= 11 is 5.89. The summed E-state index contributed by atoms with van der Waals surface area (Å²) in [6, 6.07) is 6.44. The van der Waals surface area contributed by atoms with E-state index in [1.165, 1.54) is 0 Å². The highest BCUT2D eigenvalue weighted by Crippen LogP contribution is 2.33. The first-order chi connectivity index (χ1) is 11.0. The van der Waals surface area contributed by atoms with Crippen molar-refractivity contribution < 1.29 is 14.4 Å². The van der Waals surface area contributed by atoms with Gasteiger partial charge in [0.15, 0.2) is 0 Å². The largest absolute Gasteiger partial charge is 0.352 e. The minimum Gasteiger partial charge on any atom is -0.352 e. The van der Waals surface area contributed by atoms with E-state index in [1.807, 2.05) is 6.92 Å². The molecule has 1 heterocycles. The smallest absolute Gasteiger partial charge is 0.325 e.